The van der Waals surface area contributed by atoms with Gasteiger partial charge in [-0.05, 0) is 50.2 Å². The van der Waals surface area contributed by atoms with Crippen LogP contribution in [0.15, 0.2) is 64.3 Å². The average molecular weight is 407 g/mol. The van der Waals surface area contributed by atoms with Gasteiger partial charge in [0.2, 0.25) is 5.89 Å². The summed E-state index contributed by atoms with van der Waals surface area (Å²) in [6.45, 7) is 5.40. The largest absolute Gasteiger partial charge is 0.340 e. The van der Waals surface area contributed by atoms with Crippen molar-refractivity contribution in [1.29, 1.82) is 0 Å². The molecular weight excluding hydrogens is 386 g/mol. The Morgan fingerprint density at radius 1 is 1.17 bits per heavy atom. The summed E-state index contributed by atoms with van der Waals surface area (Å²) in [4.78, 5) is 22.5. The number of carbonyl (C=O) groups is 1. The minimum atomic E-state index is -0.731. The van der Waals surface area contributed by atoms with Crippen molar-refractivity contribution in [3.8, 4) is 0 Å². The van der Waals surface area contributed by atoms with Crippen LogP contribution in [-0.2, 0) is 11.3 Å². The molecule has 0 fully saturated rings. The number of imidazole rings is 1. The first-order chi connectivity index (χ1) is 13.9. The zero-order chi connectivity index (χ0) is 20.4. The van der Waals surface area contributed by atoms with Gasteiger partial charge in [-0.15, -0.1) is 11.8 Å². The Bertz CT molecular complexity index is 1110. The van der Waals surface area contributed by atoms with Crippen LogP contribution in [0, 0.1) is 6.92 Å². The number of nitrogens with one attached hydrogen (secondary N) is 1. The number of aromatic nitrogens is 4. The van der Waals surface area contributed by atoms with Gasteiger partial charge in [0.05, 0.1) is 11.2 Å². The fraction of sp³-hybridized carbons (Fsp3) is 0.238. The van der Waals surface area contributed by atoms with E-state index in [9.17, 15) is 4.79 Å². The highest BCUT2D eigenvalue weighted by atomic mass is 32.2. The molecule has 0 aliphatic carbocycles. The number of thioether (sulfide) groups is 1. The number of pyridine rings is 1. The molecule has 1 N–H and O–H groups in total. The van der Waals surface area contributed by atoms with Crippen LogP contribution in [0.2, 0.25) is 0 Å². The number of aryl methyl sites for hydroxylation is 1. The Hall–Kier alpha value is -3.13. The average Bonchev–Trinajstić information content (AvgIpc) is 3.32. The third-order valence-electron chi connectivity index (χ3n) is 4.43. The van der Waals surface area contributed by atoms with Crippen molar-refractivity contribution in [2.75, 3.05) is 0 Å². The molecule has 4 rings (SSSR count). The summed E-state index contributed by atoms with van der Waals surface area (Å²) in [6.07, 6.45) is 4.02. The molecule has 3 aromatic heterocycles. The minimum Gasteiger partial charge on any atom is -0.340 e. The van der Waals surface area contributed by atoms with Crippen molar-refractivity contribution in [3.05, 3.63) is 77.8 Å². The first-order valence-corrected chi connectivity index (χ1v) is 10.2. The predicted octanol–water partition coefficient (Wildman–Crippen LogP) is 3.98. The zero-order valence-electron chi connectivity index (χ0n) is 16.4. The van der Waals surface area contributed by atoms with Crippen LogP contribution in [0.4, 0.5) is 0 Å². The van der Waals surface area contributed by atoms with Crippen LogP contribution < -0.4 is 5.32 Å². The zero-order valence-corrected chi connectivity index (χ0v) is 17.2. The fourth-order valence-electron chi connectivity index (χ4n) is 2.88. The Balaban J connectivity index is 1.38. The molecule has 1 aromatic carbocycles. The lowest BCUT2D eigenvalue weighted by molar-refractivity contribution is 0.0907. The van der Waals surface area contributed by atoms with Crippen LogP contribution in [0.5, 0.6) is 0 Å². The topological polar surface area (TPSA) is 85.3 Å². The van der Waals surface area contributed by atoms with E-state index in [1.807, 2.05) is 73.1 Å². The van der Waals surface area contributed by atoms with Crippen LogP contribution >= 0.6 is 11.8 Å². The predicted molar refractivity (Wildman–Crippen MR) is 111 cm³/mol. The number of fused-ring (bicyclic) bond motifs is 1. The molecule has 1 amide bonds. The van der Waals surface area contributed by atoms with E-state index in [0.29, 0.717) is 17.3 Å². The second-order valence-corrected chi connectivity index (χ2v) is 8.28. The summed E-state index contributed by atoms with van der Waals surface area (Å²) in [5.41, 5.74) is 1.80. The number of carbonyl (C=O) groups excluding carboxylic acids is 1. The van der Waals surface area contributed by atoms with E-state index < -0.39 is 5.54 Å². The summed E-state index contributed by atoms with van der Waals surface area (Å²) >= 11 is 1.68. The molecule has 148 valence electrons. The third kappa shape index (κ3) is 4.32. The lowest BCUT2D eigenvalue weighted by Crippen LogP contribution is -2.41. The van der Waals surface area contributed by atoms with Crippen LogP contribution in [0.3, 0.4) is 0 Å². The SMILES string of the molecule is Cc1nc(C(C)(C)NC(=O)c2ccc(SCc3cn4ccccc4n3)cc2)no1. The first-order valence-electron chi connectivity index (χ1n) is 9.19. The van der Waals surface area contributed by atoms with Gasteiger partial charge in [-0.3, -0.25) is 4.79 Å². The van der Waals surface area contributed by atoms with E-state index in [1.165, 1.54) is 0 Å². The Labute approximate surface area is 172 Å². The first kappa shape index (κ1) is 19.2. The maximum absolute atomic E-state index is 12.6. The maximum atomic E-state index is 12.6. The van der Waals surface area contributed by atoms with E-state index in [2.05, 4.69) is 20.4 Å². The van der Waals surface area contributed by atoms with Crippen molar-refractivity contribution < 1.29 is 9.32 Å². The van der Waals surface area contributed by atoms with Gasteiger partial charge < -0.3 is 14.2 Å². The number of hydrogen-bond donors (Lipinski definition) is 1. The van der Waals surface area contributed by atoms with Crippen molar-refractivity contribution >= 4 is 23.3 Å². The normalized spacial score (nSPS) is 11.7. The maximum Gasteiger partial charge on any atom is 0.252 e. The summed E-state index contributed by atoms with van der Waals surface area (Å²) in [5, 5.41) is 6.86. The second kappa shape index (κ2) is 7.71. The molecular formula is C21H21N5O2S. The summed E-state index contributed by atoms with van der Waals surface area (Å²) in [7, 11) is 0. The quantitative estimate of drug-likeness (QED) is 0.487. The van der Waals surface area contributed by atoms with Crippen LogP contribution in [0.1, 0.15) is 41.6 Å². The van der Waals surface area contributed by atoms with E-state index in [1.54, 1.807) is 18.7 Å². The van der Waals surface area contributed by atoms with Crippen molar-refractivity contribution in [3.63, 3.8) is 0 Å². The van der Waals surface area contributed by atoms with E-state index in [-0.39, 0.29) is 5.91 Å². The number of rotatable bonds is 6. The lowest BCUT2D eigenvalue weighted by Gasteiger charge is -2.22. The molecule has 29 heavy (non-hydrogen) atoms. The molecule has 0 unspecified atom stereocenters. The fourth-order valence-corrected chi connectivity index (χ4v) is 3.66. The van der Waals surface area contributed by atoms with Gasteiger partial charge in [0, 0.05) is 35.5 Å². The molecule has 7 nitrogen and oxygen atoms in total. The number of hydrogen-bond acceptors (Lipinski definition) is 6. The molecule has 0 bridgehead atoms. The Morgan fingerprint density at radius 3 is 2.66 bits per heavy atom. The van der Waals surface area contributed by atoms with Crippen molar-refractivity contribution in [2.24, 2.45) is 0 Å². The molecule has 0 atom stereocenters. The highest BCUT2D eigenvalue weighted by molar-refractivity contribution is 7.98. The van der Waals surface area contributed by atoms with Gasteiger partial charge in [-0.25, -0.2) is 4.98 Å². The number of nitrogens with zero attached hydrogens (tertiary/aromatic N) is 4. The second-order valence-electron chi connectivity index (χ2n) is 7.23. The highest BCUT2D eigenvalue weighted by Gasteiger charge is 2.28. The van der Waals surface area contributed by atoms with E-state index in [4.69, 9.17) is 4.52 Å². The molecule has 0 spiro atoms. The van der Waals surface area contributed by atoms with E-state index >= 15 is 0 Å². The molecule has 0 saturated heterocycles. The van der Waals surface area contributed by atoms with Crippen molar-refractivity contribution in [1.82, 2.24) is 24.8 Å². The van der Waals surface area contributed by atoms with Gasteiger partial charge in [-0.2, -0.15) is 4.98 Å². The van der Waals surface area contributed by atoms with Crippen LogP contribution in [-0.4, -0.2) is 25.4 Å². The van der Waals surface area contributed by atoms with Gasteiger partial charge in [-0.1, -0.05) is 11.2 Å². The Kier molecular flexibility index (Phi) is 5.10. The lowest BCUT2D eigenvalue weighted by atomic mass is 10.0. The molecule has 3 heterocycles. The number of amides is 1. The summed E-state index contributed by atoms with van der Waals surface area (Å²) in [5.74, 6) is 1.49. The molecule has 0 aliphatic heterocycles. The number of benzene rings is 1. The summed E-state index contributed by atoms with van der Waals surface area (Å²) < 4.78 is 7.02. The third-order valence-corrected chi connectivity index (χ3v) is 5.48. The van der Waals surface area contributed by atoms with Gasteiger partial charge in [0.25, 0.3) is 5.91 Å². The summed E-state index contributed by atoms with van der Waals surface area (Å²) in [6, 6.07) is 13.5. The smallest absolute Gasteiger partial charge is 0.252 e. The van der Waals surface area contributed by atoms with E-state index in [0.717, 1.165) is 22.0 Å². The van der Waals surface area contributed by atoms with Crippen molar-refractivity contribution in [2.45, 2.75) is 37.0 Å². The molecule has 8 heteroatoms. The van der Waals surface area contributed by atoms with Gasteiger partial charge in [0.15, 0.2) is 5.82 Å². The monoisotopic (exact) mass is 407 g/mol. The van der Waals surface area contributed by atoms with Crippen LogP contribution in [0.25, 0.3) is 5.65 Å². The van der Waals surface area contributed by atoms with Gasteiger partial charge in [0.1, 0.15) is 5.65 Å². The highest BCUT2D eigenvalue weighted by Crippen LogP contribution is 2.24. The minimum absolute atomic E-state index is 0.186. The standard InChI is InChI=1S/C21H21N5O2S/c1-14-22-20(25-28-14)21(2,3)24-19(27)15-7-9-17(10-8-15)29-13-16-12-26-11-5-4-6-18(26)23-16/h4-12H,13H2,1-3H3,(H,24,27). The Morgan fingerprint density at radius 2 is 1.97 bits per heavy atom. The molecule has 4 aromatic rings. The molecule has 0 radical (unpaired) electrons. The van der Waals surface area contributed by atoms with Gasteiger partial charge >= 0.3 is 0 Å². The molecule has 0 aliphatic rings. The molecule has 0 saturated carbocycles.